The fourth-order valence-corrected chi connectivity index (χ4v) is 5.97. The van der Waals surface area contributed by atoms with Gasteiger partial charge in [0.2, 0.25) is 0 Å². The van der Waals surface area contributed by atoms with Crippen molar-refractivity contribution in [2.24, 2.45) is 22.7 Å². The van der Waals surface area contributed by atoms with Gasteiger partial charge in [-0.2, -0.15) is 0 Å². The molecule has 0 aromatic rings. The Morgan fingerprint density at radius 2 is 1.88 bits per heavy atom. The number of carbonyl (C=O) groups is 1. The van der Waals surface area contributed by atoms with Gasteiger partial charge in [0, 0.05) is 6.08 Å². The Bertz CT molecular complexity index is 503. The lowest BCUT2D eigenvalue weighted by molar-refractivity contribution is -0.168. The minimum Gasteiger partial charge on any atom is -0.466 e. The second-order valence-corrected chi connectivity index (χ2v) is 9.40. The third-order valence-corrected chi connectivity index (χ3v) is 7.15. The fraction of sp³-hybridized carbons (Fsp3) is 0.857. The molecule has 0 unspecified atom stereocenters. The van der Waals surface area contributed by atoms with E-state index in [-0.39, 0.29) is 17.3 Å². The average molecular weight is 337 g/mol. The van der Waals surface area contributed by atoms with Gasteiger partial charge in [0.25, 0.3) is 0 Å². The molecule has 2 saturated carbocycles. The van der Waals surface area contributed by atoms with E-state index < -0.39 is 5.60 Å². The molecule has 24 heavy (non-hydrogen) atoms. The van der Waals surface area contributed by atoms with E-state index >= 15 is 0 Å². The van der Waals surface area contributed by atoms with Crippen LogP contribution in [0.25, 0.3) is 0 Å². The maximum absolute atomic E-state index is 11.4. The largest absolute Gasteiger partial charge is 0.466 e. The zero-order valence-corrected chi connectivity index (χ0v) is 16.4. The summed E-state index contributed by atoms with van der Waals surface area (Å²) in [7, 11) is 1.41. The molecule has 0 bridgehead atoms. The molecule has 2 aliphatic rings. The second kappa shape index (κ2) is 6.82. The van der Waals surface area contributed by atoms with Crippen molar-refractivity contribution in [1.82, 2.24) is 0 Å². The highest BCUT2D eigenvalue weighted by molar-refractivity contribution is 5.82. The van der Waals surface area contributed by atoms with E-state index in [0.717, 1.165) is 31.3 Å². The van der Waals surface area contributed by atoms with Gasteiger partial charge in [-0.3, -0.25) is 0 Å². The van der Waals surface area contributed by atoms with Crippen LogP contribution in [0.4, 0.5) is 0 Å². The number of allylic oxidation sites excluding steroid dienone is 1. The molecule has 0 heterocycles. The summed E-state index contributed by atoms with van der Waals surface area (Å²) in [5.41, 5.74) is 0.983. The minimum absolute atomic E-state index is 0.190. The SMILES string of the molecule is COC(=O)/C=C(\C)CC[C@@H]1[C@@]2(C)CCCC(C)(C)[C@@H]2CC[C@@]1(C)O. The Hall–Kier alpha value is -0.830. The smallest absolute Gasteiger partial charge is 0.330 e. The van der Waals surface area contributed by atoms with Gasteiger partial charge < -0.3 is 9.84 Å². The predicted octanol–water partition coefficient (Wildman–Crippen LogP) is 4.88. The number of esters is 1. The molecule has 138 valence electrons. The van der Waals surface area contributed by atoms with Crippen LogP contribution in [0.15, 0.2) is 11.6 Å². The summed E-state index contributed by atoms with van der Waals surface area (Å²) >= 11 is 0. The summed E-state index contributed by atoms with van der Waals surface area (Å²) in [5.74, 6) is 0.670. The predicted molar refractivity (Wildman–Crippen MR) is 97.6 cm³/mol. The number of fused-ring (bicyclic) bond motifs is 1. The number of carbonyl (C=O) groups excluding carboxylic acids is 1. The number of ether oxygens (including phenoxy) is 1. The third-order valence-electron chi connectivity index (χ3n) is 7.15. The summed E-state index contributed by atoms with van der Waals surface area (Å²) in [6.07, 6.45) is 9.15. The molecule has 4 atom stereocenters. The van der Waals surface area contributed by atoms with E-state index in [1.807, 2.05) is 13.8 Å². The van der Waals surface area contributed by atoms with Gasteiger partial charge in [-0.05, 0) is 75.0 Å². The fourth-order valence-electron chi connectivity index (χ4n) is 5.97. The van der Waals surface area contributed by atoms with E-state index in [9.17, 15) is 9.90 Å². The minimum atomic E-state index is -0.607. The van der Waals surface area contributed by atoms with Gasteiger partial charge in [0.05, 0.1) is 12.7 Å². The normalized spacial score (nSPS) is 39.2. The van der Waals surface area contributed by atoms with Gasteiger partial charge in [0.1, 0.15) is 0 Å². The average Bonchev–Trinajstić information content (AvgIpc) is 2.44. The van der Waals surface area contributed by atoms with Crippen molar-refractivity contribution in [3.8, 4) is 0 Å². The maximum atomic E-state index is 11.4. The van der Waals surface area contributed by atoms with Crippen molar-refractivity contribution >= 4 is 5.97 Å². The Morgan fingerprint density at radius 3 is 2.50 bits per heavy atom. The van der Waals surface area contributed by atoms with Crippen LogP contribution in [-0.4, -0.2) is 23.8 Å². The number of rotatable bonds is 4. The first-order chi connectivity index (χ1) is 11.0. The lowest BCUT2D eigenvalue weighted by Crippen LogP contribution is -2.57. The van der Waals surface area contributed by atoms with E-state index in [1.165, 1.54) is 26.4 Å². The Kier molecular flexibility index (Phi) is 5.54. The third kappa shape index (κ3) is 3.71. The number of methoxy groups -OCH3 is 1. The summed E-state index contributed by atoms with van der Waals surface area (Å²) in [6, 6.07) is 0. The van der Waals surface area contributed by atoms with Crippen LogP contribution in [0.2, 0.25) is 0 Å². The summed E-state index contributed by atoms with van der Waals surface area (Å²) < 4.78 is 4.72. The van der Waals surface area contributed by atoms with Gasteiger partial charge in [-0.25, -0.2) is 4.79 Å². The molecular weight excluding hydrogens is 300 g/mol. The quantitative estimate of drug-likeness (QED) is 0.588. The number of hydrogen-bond donors (Lipinski definition) is 1. The van der Waals surface area contributed by atoms with Crippen LogP contribution in [0.1, 0.15) is 79.6 Å². The summed E-state index contributed by atoms with van der Waals surface area (Å²) in [4.78, 5) is 11.4. The van der Waals surface area contributed by atoms with E-state index in [2.05, 4.69) is 20.8 Å². The van der Waals surface area contributed by atoms with Crippen LogP contribution in [-0.2, 0) is 9.53 Å². The second-order valence-electron chi connectivity index (χ2n) is 9.40. The van der Waals surface area contributed by atoms with Gasteiger partial charge >= 0.3 is 5.97 Å². The molecule has 2 rings (SSSR count). The van der Waals surface area contributed by atoms with Gasteiger partial charge in [0.15, 0.2) is 0 Å². The topological polar surface area (TPSA) is 46.5 Å². The highest BCUT2D eigenvalue weighted by atomic mass is 16.5. The molecular formula is C21H36O3. The summed E-state index contributed by atoms with van der Waals surface area (Å²) in [6.45, 7) is 11.2. The van der Waals surface area contributed by atoms with Crippen molar-refractivity contribution < 1.29 is 14.6 Å². The maximum Gasteiger partial charge on any atom is 0.330 e. The molecule has 3 heteroatoms. The molecule has 1 N–H and O–H groups in total. The van der Waals surface area contributed by atoms with E-state index in [0.29, 0.717) is 11.3 Å². The molecule has 0 aliphatic heterocycles. The first-order valence-corrected chi connectivity index (χ1v) is 9.50. The van der Waals surface area contributed by atoms with Gasteiger partial charge in [-0.1, -0.05) is 32.8 Å². The molecule has 0 radical (unpaired) electrons. The molecule has 3 nitrogen and oxygen atoms in total. The Labute approximate surface area is 147 Å². The molecule has 2 aliphatic carbocycles. The van der Waals surface area contributed by atoms with Crippen molar-refractivity contribution in [1.29, 1.82) is 0 Å². The number of aliphatic hydroxyl groups is 1. The molecule has 0 spiro atoms. The lowest BCUT2D eigenvalue weighted by Gasteiger charge is -2.61. The van der Waals surface area contributed by atoms with Gasteiger partial charge in [-0.15, -0.1) is 0 Å². The molecule has 2 fully saturated rings. The first-order valence-electron chi connectivity index (χ1n) is 9.50. The van der Waals surface area contributed by atoms with Crippen LogP contribution >= 0.6 is 0 Å². The van der Waals surface area contributed by atoms with E-state index in [1.54, 1.807) is 6.08 Å². The standard InChI is InChI=1S/C21H36O3/c1-15(14-18(22)24-6)8-9-17-20(4)12-7-11-19(2,3)16(20)10-13-21(17,5)23/h14,16-17,23H,7-13H2,1-6H3/b15-14+/t16-,17+,20-,21+/m0/s1. The lowest BCUT2D eigenvalue weighted by atomic mass is 9.45. The van der Waals surface area contributed by atoms with E-state index in [4.69, 9.17) is 4.74 Å². The van der Waals surface area contributed by atoms with Crippen molar-refractivity contribution in [3.63, 3.8) is 0 Å². The Balaban J connectivity index is 2.21. The Morgan fingerprint density at radius 1 is 1.21 bits per heavy atom. The summed E-state index contributed by atoms with van der Waals surface area (Å²) in [5, 5.41) is 11.1. The monoisotopic (exact) mass is 336 g/mol. The van der Waals surface area contributed by atoms with Crippen molar-refractivity contribution in [3.05, 3.63) is 11.6 Å². The molecule has 0 aromatic heterocycles. The molecule has 0 amide bonds. The zero-order valence-electron chi connectivity index (χ0n) is 16.4. The van der Waals surface area contributed by atoms with Crippen LogP contribution < -0.4 is 0 Å². The molecule has 0 saturated heterocycles. The highest BCUT2D eigenvalue weighted by Gasteiger charge is 2.57. The highest BCUT2D eigenvalue weighted by Crippen LogP contribution is 2.62. The van der Waals surface area contributed by atoms with Crippen molar-refractivity contribution in [2.45, 2.75) is 85.2 Å². The first kappa shape index (κ1) is 19.5. The molecule has 0 aromatic carbocycles. The van der Waals surface area contributed by atoms with Crippen LogP contribution in [0, 0.1) is 22.7 Å². The van der Waals surface area contributed by atoms with Crippen LogP contribution in [0.5, 0.6) is 0 Å². The zero-order chi connectivity index (χ0) is 18.2. The van der Waals surface area contributed by atoms with Crippen LogP contribution in [0.3, 0.4) is 0 Å². The van der Waals surface area contributed by atoms with Crippen molar-refractivity contribution in [2.75, 3.05) is 7.11 Å². The number of hydrogen-bond acceptors (Lipinski definition) is 3.